The molecule has 0 spiro atoms. The second-order valence-corrected chi connectivity index (χ2v) is 10.6. The van der Waals surface area contributed by atoms with Gasteiger partial charge < -0.3 is 20.3 Å². The molecule has 0 aliphatic heterocycles. The number of hydrogen-bond acceptors (Lipinski definition) is 5. The molecule has 4 aliphatic carbocycles. The average Bonchev–Trinajstić information content (AvgIpc) is 2.98. The van der Waals surface area contributed by atoms with Gasteiger partial charge in [0.15, 0.2) is 0 Å². The van der Waals surface area contributed by atoms with Crippen molar-refractivity contribution in [1.29, 1.82) is 0 Å². The number of methoxy groups -OCH3 is 1. The minimum Gasteiger partial charge on any atom is -0.469 e. The van der Waals surface area contributed by atoms with E-state index in [9.17, 15) is 9.90 Å². The van der Waals surface area contributed by atoms with Crippen LogP contribution in [0.2, 0.25) is 0 Å². The van der Waals surface area contributed by atoms with E-state index >= 15 is 0 Å². The summed E-state index contributed by atoms with van der Waals surface area (Å²) in [6.45, 7) is 7.34. The van der Waals surface area contributed by atoms with Crippen LogP contribution in [0.25, 0.3) is 0 Å². The number of esters is 1. The van der Waals surface area contributed by atoms with Crippen LogP contribution in [-0.4, -0.2) is 43.0 Å². The van der Waals surface area contributed by atoms with Crippen molar-refractivity contribution in [1.82, 2.24) is 0 Å². The Labute approximate surface area is 169 Å². The van der Waals surface area contributed by atoms with Gasteiger partial charge in [0.05, 0.1) is 25.2 Å². The molecule has 4 saturated carbocycles. The molecule has 5 unspecified atom stereocenters. The highest BCUT2D eigenvalue weighted by Gasteiger charge is 2.64. The van der Waals surface area contributed by atoms with Gasteiger partial charge >= 0.3 is 5.97 Å². The van der Waals surface area contributed by atoms with Crippen molar-refractivity contribution < 1.29 is 19.4 Å². The third-order valence-electron chi connectivity index (χ3n) is 9.53. The van der Waals surface area contributed by atoms with Crippen molar-refractivity contribution in [3.8, 4) is 0 Å². The highest BCUT2D eigenvalue weighted by atomic mass is 16.5. The summed E-state index contributed by atoms with van der Waals surface area (Å²) in [5.41, 5.74) is 6.93. The fourth-order valence-electron chi connectivity index (χ4n) is 8.45. The maximum absolute atomic E-state index is 12.5. The Balaban J connectivity index is 1.62. The molecule has 4 aliphatic rings. The monoisotopic (exact) mass is 393 g/mol. The summed E-state index contributed by atoms with van der Waals surface area (Å²) in [5.74, 6) is 2.03. The Morgan fingerprint density at radius 3 is 2.57 bits per heavy atom. The number of nitrogens with two attached hydrogens (primary N) is 1. The molecule has 0 bridgehead atoms. The van der Waals surface area contributed by atoms with E-state index in [0.29, 0.717) is 30.3 Å². The van der Waals surface area contributed by atoms with E-state index in [-0.39, 0.29) is 34.9 Å². The summed E-state index contributed by atoms with van der Waals surface area (Å²) >= 11 is 0. The molecule has 0 heterocycles. The summed E-state index contributed by atoms with van der Waals surface area (Å²) < 4.78 is 11.0. The van der Waals surface area contributed by atoms with Gasteiger partial charge in [0.25, 0.3) is 0 Å². The molecule has 5 heteroatoms. The lowest BCUT2D eigenvalue weighted by atomic mass is 9.43. The van der Waals surface area contributed by atoms with Crippen molar-refractivity contribution in [3.05, 3.63) is 0 Å². The molecule has 4 rings (SSSR count). The van der Waals surface area contributed by atoms with E-state index in [1.54, 1.807) is 0 Å². The predicted molar refractivity (Wildman–Crippen MR) is 107 cm³/mol. The molecule has 5 nitrogen and oxygen atoms in total. The standard InChI is InChI=1S/C23H39NO4/c1-5-28-19-10-13-6-7-14-15-8-9-16(21(26)27-4)23(15,3)11-17(24)20(14)22(13,2)12-18(19)25/h13-20,25H,5-12,24H2,1-4H3/t13?,14-,15-,16?,17?,18?,19?,20-,22-,23-/m0/s1. The Morgan fingerprint density at radius 2 is 1.89 bits per heavy atom. The molecule has 0 saturated heterocycles. The number of rotatable bonds is 3. The number of aliphatic hydroxyl groups is 1. The summed E-state index contributed by atoms with van der Waals surface area (Å²) in [6, 6.07) is 0.0835. The van der Waals surface area contributed by atoms with Crippen molar-refractivity contribution in [3.63, 3.8) is 0 Å². The fraction of sp³-hybridized carbons (Fsp3) is 0.957. The van der Waals surface area contributed by atoms with Gasteiger partial charge in [-0.3, -0.25) is 4.79 Å². The number of carbonyl (C=O) groups excluding carboxylic acids is 1. The molecule has 10 atom stereocenters. The number of hydrogen-bond donors (Lipinski definition) is 2. The number of aliphatic hydroxyl groups excluding tert-OH is 1. The lowest BCUT2D eigenvalue weighted by Gasteiger charge is -2.63. The molecule has 3 N–H and O–H groups in total. The first-order valence-corrected chi connectivity index (χ1v) is 11.4. The Hall–Kier alpha value is -0.650. The van der Waals surface area contributed by atoms with Crippen molar-refractivity contribution in [2.75, 3.05) is 13.7 Å². The highest BCUT2D eigenvalue weighted by Crippen LogP contribution is 2.67. The van der Waals surface area contributed by atoms with Crippen LogP contribution in [0, 0.1) is 40.4 Å². The van der Waals surface area contributed by atoms with Crippen LogP contribution >= 0.6 is 0 Å². The van der Waals surface area contributed by atoms with Crippen LogP contribution in [-0.2, 0) is 14.3 Å². The Bertz CT molecular complexity index is 611. The maximum atomic E-state index is 12.5. The maximum Gasteiger partial charge on any atom is 0.309 e. The smallest absolute Gasteiger partial charge is 0.309 e. The number of carbonyl (C=O) groups is 1. The third kappa shape index (κ3) is 2.87. The molecule has 160 valence electrons. The number of fused-ring (bicyclic) bond motifs is 5. The quantitative estimate of drug-likeness (QED) is 0.720. The molecule has 0 aromatic rings. The molecule has 0 amide bonds. The van der Waals surface area contributed by atoms with Gasteiger partial charge in [0.1, 0.15) is 0 Å². The lowest BCUT2D eigenvalue weighted by molar-refractivity contribution is -0.178. The zero-order chi connectivity index (χ0) is 20.3. The van der Waals surface area contributed by atoms with Gasteiger partial charge in [-0.1, -0.05) is 13.8 Å². The first-order chi connectivity index (χ1) is 13.3. The predicted octanol–water partition coefficient (Wildman–Crippen LogP) is 3.13. The third-order valence-corrected chi connectivity index (χ3v) is 9.53. The van der Waals surface area contributed by atoms with Crippen LogP contribution in [0.1, 0.15) is 65.7 Å². The lowest BCUT2D eigenvalue weighted by Crippen LogP contribution is -2.63. The molecule has 4 fully saturated rings. The summed E-state index contributed by atoms with van der Waals surface area (Å²) in [4.78, 5) is 12.5. The minimum absolute atomic E-state index is 0.0145. The van der Waals surface area contributed by atoms with E-state index in [1.807, 2.05) is 6.92 Å². The Morgan fingerprint density at radius 1 is 1.14 bits per heavy atom. The SMILES string of the molecule is CCOC1CC2CC[C@@H]3[C@@H](C(N)C[C@]4(C)C(C(=O)OC)CC[C@@H]34)[C@@]2(C)CC1O. The van der Waals surface area contributed by atoms with Gasteiger partial charge in [-0.15, -0.1) is 0 Å². The van der Waals surface area contributed by atoms with E-state index < -0.39 is 6.10 Å². The van der Waals surface area contributed by atoms with E-state index in [1.165, 1.54) is 20.0 Å². The molecule has 0 aromatic heterocycles. The molecule has 0 radical (unpaired) electrons. The topological polar surface area (TPSA) is 81.8 Å². The summed E-state index contributed by atoms with van der Waals surface area (Å²) in [6.07, 6.45) is 6.64. The van der Waals surface area contributed by atoms with Crippen molar-refractivity contribution >= 4 is 5.97 Å². The molecular weight excluding hydrogens is 354 g/mol. The van der Waals surface area contributed by atoms with E-state index in [0.717, 1.165) is 32.1 Å². The van der Waals surface area contributed by atoms with Crippen molar-refractivity contribution in [2.24, 2.45) is 46.2 Å². The van der Waals surface area contributed by atoms with Gasteiger partial charge in [-0.05, 0) is 86.4 Å². The summed E-state index contributed by atoms with van der Waals surface area (Å²) in [5, 5.41) is 10.8. The normalized spacial score (nSPS) is 53.1. The van der Waals surface area contributed by atoms with E-state index in [2.05, 4.69) is 13.8 Å². The second-order valence-electron chi connectivity index (χ2n) is 10.6. The van der Waals surface area contributed by atoms with E-state index in [4.69, 9.17) is 15.2 Å². The largest absolute Gasteiger partial charge is 0.469 e. The Kier molecular flexibility index (Phi) is 5.33. The molecule has 0 aromatic carbocycles. The minimum atomic E-state index is -0.396. The van der Waals surface area contributed by atoms with Crippen LogP contribution < -0.4 is 5.73 Å². The number of ether oxygens (including phenoxy) is 2. The fourth-order valence-corrected chi connectivity index (χ4v) is 8.45. The zero-order valence-electron chi connectivity index (χ0n) is 18.0. The first-order valence-electron chi connectivity index (χ1n) is 11.4. The molecule has 28 heavy (non-hydrogen) atoms. The summed E-state index contributed by atoms with van der Waals surface area (Å²) in [7, 11) is 1.51. The van der Waals surface area contributed by atoms with Gasteiger partial charge in [0.2, 0.25) is 0 Å². The molecular formula is C23H39NO4. The van der Waals surface area contributed by atoms with Crippen molar-refractivity contribution in [2.45, 2.75) is 84.0 Å². The van der Waals surface area contributed by atoms with Gasteiger partial charge in [-0.25, -0.2) is 0 Å². The van der Waals surface area contributed by atoms with Crippen LogP contribution in [0.15, 0.2) is 0 Å². The van der Waals surface area contributed by atoms with Gasteiger partial charge in [0, 0.05) is 12.6 Å². The second kappa shape index (κ2) is 7.24. The first kappa shape index (κ1) is 20.6. The van der Waals surface area contributed by atoms with Crippen LogP contribution in [0.3, 0.4) is 0 Å². The van der Waals surface area contributed by atoms with Crippen LogP contribution in [0.4, 0.5) is 0 Å². The highest BCUT2D eigenvalue weighted by molar-refractivity contribution is 5.73. The van der Waals surface area contributed by atoms with Gasteiger partial charge in [-0.2, -0.15) is 0 Å². The van der Waals surface area contributed by atoms with Crippen LogP contribution in [0.5, 0.6) is 0 Å². The average molecular weight is 394 g/mol. The zero-order valence-corrected chi connectivity index (χ0v) is 18.0.